The molecule has 188 valence electrons. The fourth-order valence-corrected chi connectivity index (χ4v) is 2.86. The lowest BCUT2D eigenvalue weighted by Gasteiger charge is -2.15. The number of aliphatic imine (C=N–C) groups is 1. The van der Waals surface area contributed by atoms with Crippen LogP contribution in [-0.2, 0) is 11.3 Å². The van der Waals surface area contributed by atoms with E-state index < -0.39 is 29.6 Å². The van der Waals surface area contributed by atoms with Gasteiger partial charge in [0.2, 0.25) is 0 Å². The molecular formula is C27H30F4N2O2. The van der Waals surface area contributed by atoms with Crippen molar-refractivity contribution in [3.63, 3.8) is 0 Å². The van der Waals surface area contributed by atoms with Crippen LogP contribution in [0.3, 0.4) is 0 Å². The smallest absolute Gasteiger partial charge is 0.416 e. The minimum Gasteiger partial charge on any atom is -0.480 e. The van der Waals surface area contributed by atoms with Crippen molar-refractivity contribution in [2.24, 2.45) is 4.99 Å². The van der Waals surface area contributed by atoms with Crippen LogP contribution in [0.15, 0.2) is 89.5 Å². The molecule has 0 heterocycles. The summed E-state index contributed by atoms with van der Waals surface area (Å²) in [7, 11) is 0. The minimum absolute atomic E-state index is 0.0142. The second kappa shape index (κ2) is 13.4. The fraction of sp³-hybridized carbons (Fsp3) is 0.259. The quantitative estimate of drug-likeness (QED) is 0.189. The van der Waals surface area contributed by atoms with E-state index in [2.05, 4.69) is 30.0 Å². The van der Waals surface area contributed by atoms with E-state index in [0.29, 0.717) is 17.6 Å². The van der Waals surface area contributed by atoms with Gasteiger partial charge in [-0.15, -0.1) is 0 Å². The lowest BCUT2D eigenvalue weighted by atomic mass is 9.98. The van der Waals surface area contributed by atoms with Gasteiger partial charge in [-0.25, -0.2) is 4.39 Å². The highest BCUT2D eigenvalue weighted by atomic mass is 19.4. The molecule has 0 aliphatic rings. The number of allylic oxidation sites excluding steroid dienone is 8. The Labute approximate surface area is 203 Å². The van der Waals surface area contributed by atoms with Crippen molar-refractivity contribution >= 4 is 17.9 Å². The zero-order valence-corrected chi connectivity index (χ0v) is 20.0. The van der Waals surface area contributed by atoms with Crippen molar-refractivity contribution in [1.29, 1.82) is 0 Å². The third-order valence-corrected chi connectivity index (χ3v) is 4.99. The van der Waals surface area contributed by atoms with Crippen molar-refractivity contribution < 1.29 is 27.5 Å². The van der Waals surface area contributed by atoms with Crippen molar-refractivity contribution in [1.82, 2.24) is 5.32 Å². The lowest BCUT2D eigenvalue weighted by Crippen LogP contribution is -2.35. The topological polar surface area (TPSA) is 61.7 Å². The van der Waals surface area contributed by atoms with Crippen LogP contribution in [0, 0.1) is 5.82 Å². The number of carboxylic acids is 1. The molecule has 0 bridgehead atoms. The predicted octanol–water partition coefficient (Wildman–Crippen LogP) is 6.94. The summed E-state index contributed by atoms with van der Waals surface area (Å²) in [6, 6.07) is 3.38. The maximum atomic E-state index is 14.5. The highest BCUT2D eigenvalue weighted by Crippen LogP contribution is 2.34. The van der Waals surface area contributed by atoms with Crippen LogP contribution in [0.4, 0.5) is 17.6 Å². The van der Waals surface area contributed by atoms with Gasteiger partial charge in [-0.1, -0.05) is 57.0 Å². The number of aliphatic carboxylic acids is 1. The monoisotopic (exact) mass is 490 g/mol. The van der Waals surface area contributed by atoms with Crippen molar-refractivity contribution in [2.75, 3.05) is 0 Å². The molecule has 0 spiro atoms. The van der Waals surface area contributed by atoms with Gasteiger partial charge in [-0.3, -0.25) is 9.79 Å². The summed E-state index contributed by atoms with van der Waals surface area (Å²) < 4.78 is 55.2. The second-order valence-electron chi connectivity index (χ2n) is 7.68. The van der Waals surface area contributed by atoms with Gasteiger partial charge >= 0.3 is 12.1 Å². The highest BCUT2D eigenvalue weighted by Gasteiger charge is 2.35. The van der Waals surface area contributed by atoms with E-state index in [0.717, 1.165) is 12.3 Å². The standard InChI is InChI=1S/C27H30F4N2O2/c1-7-9-10-18(4)19(5)23(27(29,30)31)13-17(3)15-32-20(6)21-11-12-22(24(28)14-21)16-33-25(8-2)26(34)35/h7,9-15,25,33H,3,5-6,8,16H2,1-2,4H3,(H,34,35)/b9-7-,18-10+,23-13+,32-15?. The Morgan fingerprint density at radius 2 is 1.91 bits per heavy atom. The van der Waals surface area contributed by atoms with E-state index in [-0.39, 0.29) is 29.0 Å². The summed E-state index contributed by atoms with van der Waals surface area (Å²) in [4.78, 5) is 15.1. The summed E-state index contributed by atoms with van der Waals surface area (Å²) >= 11 is 0. The van der Waals surface area contributed by atoms with Gasteiger partial charge in [0, 0.05) is 23.9 Å². The molecule has 0 saturated heterocycles. The number of carbonyl (C=O) groups is 1. The number of nitrogens with zero attached hydrogens (tertiary/aromatic N) is 1. The normalized spacial score (nSPS) is 13.9. The van der Waals surface area contributed by atoms with Crippen LogP contribution < -0.4 is 5.32 Å². The molecule has 4 nitrogen and oxygen atoms in total. The van der Waals surface area contributed by atoms with Gasteiger partial charge in [0.25, 0.3) is 0 Å². The van der Waals surface area contributed by atoms with Crippen LogP contribution in [0.1, 0.15) is 38.3 Å². The number of hydrogen-bond acceptors (Lipinski definition) is 3. The zero-order chi connectivity index (χ0) is 26.8. The lowest BCUT2D eigenvalue weighted by molar-refractivity contribution is -0.139. The summed E-state index contributed by atoms with van der Waals surface area (Å²) in [5.74, 6) is -1.62. The van der Waals surface area contributed by atoms with Crippen LogP contribution in [0.5, 0.6) is 0 Å². The largest absolute Gasteiger partial charge is 0.480 e. The second-order valence-corrected chi connectivity index (χ2v) is 7.68. The molecule has 0 fully saturated rings. The summed E-state index contributed by atoms with van der Waals surface area (Å²) in [5, 5.41) is 11.8. The van der Waals surface area contributed by atoms with Crippen LogP contribution >= 0.6 is 0 Å². The number of halogens is 4. The van der Waals surface area contributed by atoms with Crippen molar-refractivity contribution in [3.8, 4) is 0 Å². The Morgan fingerprint density at radius 1 is 1.26 bits per heavy atom. The summed E-state index contributed by atoms with van der Waals surface area (Å²) in [6.45, 7) is 15.9. The van der Waals surface area contributed by atoms with Gasteiger partial charge in [0.05, 0.1) is 11.3 Å². The maximum absolute atomic E-state index is 14.5. The Bertz CT molecular complexity index is 1090. The number of carboxylic acid groups (broad SMARTS) is 1. The first-order valence-corrected chi connectivity index (χ1v) is 10.8. The van der Waals surface area contributed by atoms with Crippen LogP contribution in [-0.4, -0.2) is 29.5 Å². The molecule has 1 aromatic rings. The number of benzene rings is 1. The van der Waals surface area contributed by atoms with E-state index in [9.17, 15) is 22.4 Å². The number of hydrogen-bond donors (Lipinski definition) is 2. The molecule has 0 aromatic heterocycles. The number of rotatable bonds is 12. The first-order chi connectivity index (χ1) is 16.3. The Morgan fingerprint density at radius 3 is 2.43 bits per heavy atom. The molecule has 0 radical (unpaired) electrons. The zero-order valence-electron chi connectivity index (χ0n) is 20.0. The fourth-order valence-electron chi connectivity index (χ4n) is 2.86. The Kier molecular flexibility index (Phi) is 11.3. The Balaban J connectivity index is 3.02. The average Bonchev–Trinajstić information content (AvgIpc) is 2.79. The van der Waals surface area contributed by atoms with E-state index in [1.54, 1.807) is 32.1 Å². The molecule has 8 heteroatoms. The van der Waals surface area contributed by atoms with Crippen LogP contribution in [0.2, 0.25) is 0 Å². The maximum Gasteiger partial charge on any atom is 0.416 e. The molecule has 1 aromatic carbocycles. The van der Waals surface area contributed by atoms with E-state index >= 15 is 0 Å². The molecule has 0 amide bonds. The molecule has 1 atom stereocenters. The number of nitrogens with one attached hydrogen (secondary N) is 1. The predicted molar refractivity (Wildman–Crippen MR) is 133 cm³/mol. The SMILES string of the molecule is C=C(C=NC(=C)c1ccc(CNC(CC)C(=O)O)c(F)c1)/C=C(\C(=C)/C(C)=C/C=C\C)C(F)(F)F. The molecule has 1 rings (SSSR count). The minimum atomic E-state index is -4.65. The third-order valence-electron chi connectivity index (χ3n) is 4.99. The third kappa shape index (κ3) is 9.33. The molecule has 2 N–H and O–H groups in total. The van der Waals surface area contributed by atoms with Gasteiger partial charge in [0.15, 0.2) is 0 Å². The molecule has 1 unspecified atom stereocenters. The summed E-state index contributed by atoms with van der Waals surface area (Å²) in [5.41, 5.74) is -0.150. The van der Waals surface area contributed by atoms with E-state index in [4.69, 9.17) is 5.11 Å². The molecule has 0 saturated carbocycles. The highest BCUT2D eigenvalue weighted by molar-refractivity contribution is 5.87. The van der Waals surface area contributed by atoms with Crippen LogP contribution in [0.25, 0.3) is 5.70 Å². The molecular weight excluding hydrogens is 460 g/mol. The van der Waals surface area contributed by atoms with Gasteiger partial charge in [-0.2, -0.15) is 13.2 Å². The first-order valence-electron chi connectivity index (χ1n) is 10.8. The van der Waals surface area contributed by atoms with E-state index in [1.165, 1.54) is 25.1 Å². The molecule has 35 heavy (non-hydrogen) atoms. The van der Waals surface area contributed by atoms with Gasteiger partial charge in [-0.05, 0) is 49.1 Å². The van der Waals surface area contributed by atoms with E-state index in [1.807, 2.05) is 0 Å². The van der Waals surface area contributed by atoms with Gasteiger partial charge < -0.3 is 10.4 Å². The Hall–Kier alpha value is -3.52. The van der Waals surface area contributed by atoms with Crippen molar-refractivity contribution in [2.45, 2.75) is 46.0 Å². The first kappa shape index (κ1) is 29.5. The molecule has 0 aliphatic carbocycles. The summed E-state index contributed by atoms with van der Waals surface area (Å²) in [6.07, 6.45) is 2.47. The number of alkyl halides is 3. The van der Waals surface area contributed by atoms with Crippen molar-refractivity contribution in [3.05, 3.63) is 101 Å². The average molecular weight is 491 g/mol. The van der Waals surface area contributed by atoms with Gasteiger partial charge in [0.1, 0.15) is 11.9 Å². The molecule has 0 aliphatic heterocycles.